The lowest BCUT2D eigenvalue weighted by Crippen LogP contribution is -2.29. The van der Waals surface area contributed by atoms with Crippen molar-refractivity contribution in [3.8, 4) is 0 Å². The van der Waals surface area contributed by atoms with E-state index in [2.05, 4.69) is 34.9 Å². The normalized spacial score (nSPS) is 11.8. The maximum Gasteiger partial charge on any atom is 0.408 e. The molecule has 0 unspecified atom stereocenters. The van der Waals surface area contributed by atoms with Gasteiger partial charge in [-0.15, -0.1) is 0 Å². The Morgan fingerprint density at radius 1 is 1.47 bits per heavy atom. The molecule has 0 saturated carbocycles. The number of rotatable bonds is 8. The van der Waals surface area contributed by atoms with Gasteiger partial charge in [0, 0.05) is 10.7 Å². The van der Waals surface area contributed by atoms with Crippen molar-refractivity contribution in [1.82, 2.24) is 9.78 Å². The van der Waals surface area contributed by atoms with Crippen LogP contribution in [0.2, 0.25) is 5.02 Å². The fourth-order valence-electron chi connectivity index (χ4n) is 2.45. The van der Waals surface area contributed by atoms with Gasteiger partial charge in [0.1, 0.15) is 0 Å². The molecule has 19 heavy (non-hydrogen) atoms. The average molecular weight is 353 g/mol. The monoisotopic (exact) mass is 351 g/mol. The number of nitro groups is 1. The molecular weight excluding hydrogens is 334 g/mol. The van der Waals surface area contributed by atoms with E-state index in [0.717, 1.165) is 31.0 Å². The average Bonchev–Trinajstić information content (AvgIpc) is 2.70. The SMILES string of the molecule is CCCC(CBr)(CCC)Cn1cc(Cl)c([N+](=O)[O-])n1. The van der Waals surface area contributed by atoms with E-state index in [1.54, 1.807) is 10.9 Å². The Kier molecular flexibility index (Phi) is 6.26. The maximum atomic E-state index is 10.8. The molecule has 0 amide bonds. The van der Waals surface area contributed by atoms with Crippen LogP contribution in [0.3, 0.4) is 0 Å². The first kappa shape index (κ1) is 16.4. The Morgan fingerprint density at radius 2 is 2.05 bits per heavy atom. The van der Waals surface area contributed by atoms with Gasteiger partial charge >= 0.3 is 5.82 Å². The highest BCUT2D eigenvalue weighted by molar-refractivity contribution is 9.09. The molecule has 0 aliphatic carbocycles. The second kappa shape index (κ2) is 7.24. The highest BCUT2D eigenvalue weighted by Crippen LogP contribution is 2.35. The summed E-state index contributed by atoms with van der Waals surface area (Å²) in [4.78, 5) is 10.2. The van der Waals surface area contributed by atoms with Crippen molar-refractivity contribution < 1.29 is 4.92 Å². The third kappa shape index (κ3) is 4.18. The Hall–Kier alpha value is -0.620. The van der Waals surface area contributed by atoms with Gasteiger partial charge < -0.3 is 10.1 Å². The minimum absolute atomic E-state index is 0.0761. The van der Waals surface area contributed by atoms with Crippen LogP contribution in [0.1, 0.15) is 39.5 Å². The molecule has 0 saturated heterocycles. The third-order valence-electron chi connectivity index (χ3n) is 3.21. The minimum atomic E-state index is -0.547. The van der Waals surface area contributed by atoms with Gasteiger partial charge in [0.2, 0.25) is 0 Å². The van der Waals surface area contributed by atoms with E-state index in [9.17, 15) is 10.1 Å². The molecule has 108 valence electrons. The van der Waals surface area contributed by atoms with Gasteiger partial charge in [0.05, 0.1) is 17.8 Å². The van der Waals surface area contributed by atoms with Crippen molar-refractivity contribution >= 4 is 33.3 Å². The van der Waals surface area contributed by atoms with Crippen LogP contribution >= 0.6 is 27.5 Å². The van der Waals surface area contributed by atoms with Gasteiger partial charge in [-0.2, -0.15) is 4.68 Å². The van der Waals surface area contributed by atoms with Crippen molar-refractivity contribution in [3.63, 3.8) is 0 Å². The molecule has 0 bridgehead atoms. The second-order valence-electron chi connectivity index (χ2n) is 4.89. The van der Waals surface area contributed by atoms with E-state index in [4.69, 9.17) is 11.6 Å². The summed E-state index contributed by atoms with van der Waals surface area (Å²) in [5.41, 5.74) is 0.0761. The Bertz CT molecular complexity index is 431. The first-order chi connectivity index (χ1) is 8.98. The zero-order chi connectivity index (χ0) is 14.5. The van der Waals surface area contributed by atoms with E-state index in [0.29, 0.717) is 6.54 Å². The Labute approximate surface area is 126 Å². The molecule has 0 radical (unpaired) electrons. The maximum absolute atomic E-state index is 10.8. The van der Waals surface area contributed by atoms with Gasteiger partial charge in [-0.1, -0.05) is 54.2 Å². The van der Waals surface area contributed by atoms with E-state index in [1.165, 1.54) is 0 Å². The van der Waals surface area contributed by atoms with Crippen LogP contribution in [0.4, 0.5) is 5.82 Å². The molecule has 0 N–H and O–H groups in total. The summed E-state index contributed by atoms with van der Waals surface area (Å²) < 4.78 is 1.60. The highest BCUT2D eigenvalue weighted by atomic mass is 79.9. The van der Waals surface area contributed by atoms with E-state index in [-0.39, 0.29) is 16.3 Å². The summed E-state index contributed by atoms with van der Waals surface area (Å²) in [5, 5.41) is 15.7. The predicted octanol–water partition coefficient (Wildman–Crippen LogP) is 4.43. The summed E-state index contributed by atoms with van der Waals surface area (Å²) in [6.45, 7) is 4.94. The largest absolute Gasteiger partial charge is 0.408 e. The van der Waals surface area contributed by atoms with Crippen molar-refractivity contribution in [3.05, 3.63) is 21.3 Å². The number of nitrogens with zero attached hydrogens (tertiary/aromatic N) is 3. The van der Waals surface area contributed by atoms with Crippen molar-refractivity contribution in [2.75, 3.05) is 5.33 Å². The first-order valence-electron chi connectivity index (χ1n) is 6.41. The molecule has 1 aromatic heterocycles. The van der Waals surface area contributed by atoms with E-state index < -0.39 is 4.92 Å². The third-order valence-corrected chi connectivity index (χ3v) is 4.67. The lowest BCUT2D eigenvalue weighted by Gasteiger charge is -2.30. The highest BCUT2D eigenvalue weighted by Gasteiger charge is 2.31. The van der Waals surface area contributed by atoms with Crippen molar-refractivity contribution in [2.45, 2.75) is 46.1 Å². The van der Waals surface area contributed by atoms with E-state index >= 15 is 0 Å². The van der Waals surface area contributed by atoms with Crippen molar-refractivity contribution in [1.29, 1.82) is 0 Å². The van der Waals surface area contributed by atoms with Gasteiger partial charge in [-0.3, -0.25) is 0 Å². The van der Waals surface area contributed by atoms with Crippen LogP contribution in [0.5, 0.6) is 0 Å². The van der Waals surface area contributed by atoms with Gasteiger partial charge in [-0.25, -0.2) is 0 Å². The fourth-order valence-corrected chi connectivity index (χ4v) is 3.41. The van der Waals surface area contributed by atoms with Crippen LogP contribution in [-0.2, 0) is 6.54 Å². The molecule has 7 heteroatoms. The van der Waals surface area contributed by atoms with Gasteiger partial charge in [-0.05, 0) is 17.8 Å². The first-order valence-corrected chi connectivity index (χ1v) is 7.91. The van der Waals surface area contributed by atoms with Crippen LogP contribution in [-0.4, -0.2) is 20.0 Å². The molecule has 0 atom stereocenters. The molecule has 0 spiro atoms. The Balaban J connectivity index is 2.95. The summed E-state index contributed by atoms with van der Waals surface area (Å²) in [5.74, 6) is -0.266. The van der Waals surface area contributed by atoms with Crippen LogP contribution in [0.15, 0.2) is 6.20 Å². The Morgan fingerprint density at radius 3 is 2.42 bits per heavy atom. The molecule has 0 aromatic carbocycles. The zero-order valence-corrected chi connectivity index (χ0v) is 13.6. The molecule has 0 fully saturated rings. The quantitative estimate of drug-likeness (QED) is 0.395. The summed E-state index contributed by atoms with van der Waals surface area (Å²) >= 11 is 9.41. The standard InChI is InChI=1S/C12H19BrClN3O2/c1-3-5-12(8-13,6-4-2)9-16-7-10(14)11(15-16)17(18)19/h7H,3-6,8-9H2,1-2H3. The van der Waals surface area contributed by atoms with Gasteiger partial charge in [0.15, 0.2) is 5.02 Å². The fraction of sp³-hybridized carbons (Fsp3) is 0.750. The number of hydrogen-bond acceptors (Lipinski definition) is 3. The summed E-state index contributed by atoms with van der Waals surface area (Å²) in [7, 11) is 0. The molecule has 1 rings (SSSR count). The summed E-state index contributed by atoms with van der Waals surface area (Å²) in [6, 6.07) is 0. The molecule has 1 aromatic rings. The zero-order valence-electron chi connectivity index (χ0n) is 11.2. The van der Waals surface area contributed by atoms with Crippen LogP contribution in [0, 0.1) is 15.5 Å². The van der Waals surface area contributed by atoms with Crippen molar-refractivity contribution in [2.24, 2.45) is 5.41 Å². The molecule has 0 aliphatic rings. The number of halogens is 2. The lowest BCUT2D eigenvalue weighted by molar-refractivity contribution is -0.389. The number of aromatic nitrogens is 2. The minimum Gasteiger partial charge on any atom is -0.358 e. The predicted molar refractivity (Wildman–Crippen MR) is 79.9 cm³/mol. The number of alkyl halides is 1. The number of hydrogen-bond donors (Lipinski definition) is 0. The summed E-state index contributed by atoms with van der Waals surface area (Å²) in [6.07, 6.45) is 5.79. The molecule has 5 nitrogen and oxygen atoms in total. The molecular formula is C12H19BrClN3O2. The smallest absolute Gasteiger partial charge is 0.358 e. The topological polar surface area (TPSA) is 61.0 Å². The molecule has 0 aliphatic heterocycles. The molecule has 1 heterocycles. The van der Waals surface area contributed by atoms with Crippen LogP contribution < -0.4 is 0 Å². The van der Waals surface area contributed by atoms with E-state index in [1.807, 2.05) is 0 Å². The van der Waals surface area contributed by atoms with Crippen LogP contribution in [0.25, 0.3) is 0 Å². The second-order valence-corrected chi connectivity index (χ2v) is 5.86. The van der Waals surface area contributed by atoms with Gasteiger partial charge in [0.25, 0.3) is 0 Å². The lowest BCUT2D eigenvalue weighted by atomic mass is 9.81.